The van der Waals surface area contributed by atoms with Crippen molar-refractivity contribution in [3.8, 4) is 0 Å². The Bertz CT molecular complexity index is 539. The zero-order valence-corrected chi connectivity index (χ0v) is 17.5. The van der Waals surface area contributed by atoms with Crippen molar-refractivity contribution in [1.29, 1.82) is 0 Å². The largest absolute Gasteiger partial charge is 0.369 e. The van der Waals surface area contributed by atoms with E-state index in [-0.39, 0.29) is 55.0 Å². The van der Waals surface area contributed by atoms with Crippen molar-refractivity contribution in [2.24, 2.45) is 0 Å². The topological polar surface area (TPSA) is 56.8 Å². The van der Waals surface area contributed by atoms with Gasteiger partial charge >= 0.3 is 0 Å². The molecule has 0 radical (unpaired) electrons. The fourth-order valence-corrected chi connectivity index (χ4v) is 3.07. The van der Waals surface area contributed by atoms with Crippen LogP contribution >= 0.6 is 37.2 Å². The molecule has 2 aliphatic rings. The summed E-state index contributed by atoms with van der Waals surface area (Å²) in [5.41, 5.74) is 1.06. The molecule has 156 valence electrons. The number of hydrogen-bond donors (Lipinski definition) is 2. The van der Waals surface area contributed by atoms with E-state index in [2.05, 4.69) is 20.4 Å². The number of ether oxygens (including phenoxy) is 1. The molecule has 10 heteroatoms. The van der Waals surface area contributed by atoms with E-state index in [0.717, 1.165) is 45.0 Å². The molecule has 0 spiro atoms. The normalized spacial score (nSPS) is 19.9. The van der Waals surface area contributed by atoms with Crippen LogP contribution in [0.25, 0.3) is 0 Å². The SMILES string of the molecule is Cl.Cl.Cl.O=C(NCCN1CCN(c2ccc(F)cc2)CC1)C1CNCCO1. The quantitative estimate of drug-likeness (QED) is 0.716. The lowest BCUT2D eigenvalue weighted by Gasteiger charge is -2.36. The van der Waals surface area contributed by atoms with Crippen molar-refractivity contribution in [2.45, 2.75) is 6.10 Å². The van der Waals surface area contributed by atoms with Crippen LogP contribution in [0.2, 0.25) is 0 Å². The first kappa shape index (κ1) is 26.2. The first-order chi connectivity index (χ1) is 11.7. The Morgan fingerprint density at radius 1 is 1.15 bits per heavy atom. The molecule has 1 amide bonds. The third-order valence-corrected chi connectivity index (χ3v) is 4.51. The maximum atomic E-state index is 13.0. The molecule has 1 unspecified atom stereocenters. The highest BCUT2D eigenvalue weighted by Crippen LogP contribution is 2.16. The number of benzene rings is 1. The number of amides is 1. The van der Waals surface area contributed by atoms with E-state index in [1.807, 2.05) is 12.1 Å². The second-order valence-corrected chi connectivity index (χ2v) is 6.16. The molecular weight excluding hydrogens is 418 g/mol. The standard InChI is InChI=1S/C17H25FN4O2.3ClH/c18-14-1-3-15(4-2-14)22-10-8-21(9-11-22)7-5-20-17(23)16-13-19-6-12-24-16;;;/h1-4,16,19H,5-13H2,(H,20,23);3*1H. The van der Waals surface area contributed by atoms with Crippen LogP contribution in [-0.2, 0) is 9.53 Å². The highest BCUT2D eigenvalue weighted by atomic mass is 35.5. The number of hydrogen-bond acceptors (Lipinski definition) is 5. The highest BCUT2D eigenvalue weighted by molar-refractivity contribution is 5.86. The molecule has 1 aromatic rings. The van der Waals surface area contributed by atoms with Crippen molar-refractivity contribution in [3.05, 3.63) is 30.1 Å². The summed E-state index contributed by atoms with van der Waals surface area (Å²) >= 11 is 0. The van der Waals surface area contributed by atoms with Crippen molar-refractivity contribution >= 4 is 48.8 Å². The van der Waals surface area contributed by atoms with Gasteiger partial charge in [-0.15, -0.1) is 37.2 Å². The van der Waals surface area contributed by atoms with Crippen LogP contribution in [-0.4, -0.2) is 75.9 Å². The average molecular weight is 446 g/mol. The number of piperazine rings is 1. The summed E-state index contributed by atoms with van der Waals surface area (Å²) in [4.78, 5) is 16.6. The van der Waals surface area contributed by atoms with Crippen LogP contribution in [0.15, 0.2) is 24.3 Å². The van der Waals surface area contributed by atoms with Gasteiger partial charge in [0.25, 0.3) is 5.91 Å². The predicted octanol–water partition coefficient (Wildman–Crippen LogP) is 1.32. The third kappa shape index (κ3) is 7.97. The number of morpholine rings is 1. The Morgan fingerprint density at radius 2 is 1.81 bits per heavy atom. The van der Waals surface area contributed by atoms with Crippen molar-refractivity contribution in [2.75, 3.05) is 63.9 Å². The van der Waals surface area contributed by atoms with Gasteiger partial charge in [0, 0.05) is 58.0 Å². The van der Waals surface area contributed by atoms with Crippen LogP contribution in [0.1, 0.15) is 0 Å². The summed E-state index contributed by atoms with van der Waals surface area (Å²) < 4.78 is 18.4. The van der Waals surface area contributed by atoms with E-state index >= 15 is 0 Å². The molecule has 0 saturated carbocycles. The molecule has 1 aromatic carbocycles. The van der Waals surface area contributed by atoms with Crippen LogP contribution in [0, 0.1) is 5.82 Å². The summed E-state index contributed by atoms with van der Waals surface area (Å²) in [7, 11) is 0. The Labute approximate surface area is 178 Å². The molecule has 2 aliphatic heterocycles. The van der Waals surface area contributed by atoms with E-state index in [0.29, 0.717) is 19.7 Å². The van der Waals surface area contributed by atoms with Crippen LogP contribution in [0.3, 0.4) is 0 Å². The fraction of sp³-hybridized carbons (Fsp3) is 0.588. The second kappa shape index (κ2) is 13.4. The summed E-state index contributed by atoms with van der Waals surface area (Å²) in [6, 6.07) is 6.64. The van der Waals surface area contributed by atoms with Gasteiger partial charge in [-0.3, -0.25) is 9.69 Å². The van der Waals surface area contributed by atoms with E-state index in [1.165, 1.54) is 12.1 Å². The lowest BCUT2D eigenvalue weighted by Crippen LogP contribution is -2.51. The third-order valence-electron chi connectivity index (χ3n) is 4.51. The molecule has 1 atom stereocenters. The minimum atomic E-state index is -0.367. The Balaban J connectivity index is 0.00000225. The lowest BCUT2D eigenvalue weighted by atomic mass is 10.2. The summed E-state index contributed by atoms with van der Waals surface area (Å²) in [5.74, 6) is -0.238. The molecule has 0 bridgehead atoms. The molecule has 6 nitrogen and oxygen atoms in total. The fourth-order valence-electron chi connectivity index (χ4n) is 3.07. The monoisotopic (exact) mass is 444 g/mol. The molecule has 27 heavy (non-hydrogen) atoms. The Kier molecular flexibility index (Phi) is 13.0. The van der Waals surface area contributed by atoms with Gasteiger partial charge in [-0.2, -0.15) is 0 Å². The van der Waals surface area contributed by atoms with Gasteiger partial charge < -0.3 is 20.3 Å². The molecule has 2 saturated heterocycles. The molecule has 3 rings (SSSR count). The number of halogens is 4. The van der Waals surface area contributed by atoms with E-state index in [1.54, 1.807) is 0 Å². The van der Waals surface area contributed by atoms with E-state index < -0.39 is 0 Å². The summed E-state index contributed by atoms with van der Waals surface area (Å²) in [6.07, 6.45) is -0.367. The van der Waals surface area contributed by atoms with Gasteiger partial charge in [0.2, 0.25) is 0 Å². The Hall–Kier alpha value is -0.830. The number of nitrogens with zero attached hydrogens (tertiary/aromatic N) is 2. The number of nitrogens with one attached hydrogen (secondary N) is 2. The highest BCUT2D eigenvalue weighted by Gasteiger charge is 2.22. The van der Waals surface area contributed by atoms with Crippen molar-refractivity contribution < 1.29 is 13.9 Å². The molecule has 2 heterocycles. The summed E-state index contributed by atoms with van der Waals surface area (Å²) in [5, 5.41) is 6.10. The lowest BCUT2D eigenvalue weighted by molar-refractivity contribution is -0.134. The first-order valence-corrected chi connectivity index (χ1v) is 8.55. The minimum absolute atomic E-state index is 0. The van der Waals surface area contributed by atoms with Crippen LogP contribution in [0.4, 0.5) is 10.1 Å². The van der Waals surface area contributed by atoms with Crippen molar-refractivity contribution in [3.63, 3.8) is 0 Å². The zero-order valence-electron chi connectivity index (χ0n) is 15.1. The molecule has 2 N–H and O–H groups in total. The number of rotatable bonds is 5. The molecular formula is C17H28Cl3FN4O2. The number of anilines is 1. The number of carbonyl (C=O) groups is 1. The zero-order chi connectivity index (χ0) is 16.8. The molecule has 0 aliphatic carbocycles. The van der Waals surface area contributed by atoms with E-state index in [9.17, 15) is 9.18 Å². The summed E-state index contributed by atoms with van der Waals surface area (Å²) in [6.45, 7) is 7.15. The maximum absolute atomic E-state index is 13.0. The van der Waals surface area contributed by atoms with Gasteiger partial charge in [-0.05, 0) is 24.3 Å². The maximum Gasteiger partial charge on any atom is 0.250 e. The molecule has 2 fully saturated rings. The van der Waals surface area contributed by atoms with Gasteiger partial charge in [-0.1, -0.05) is 0 Å². The van der Waals surface area contributed by atoms with Crippen LogP contribution in [0.5, 0.6) is 0 Å². The smallest absolute Gasteiger partial charge is 0.250 e. The second-order valence-electron chi connectivity index (χ2n) is 6.16. The number of carbonyl (C=O) groups excluding carboxylic acids is 1. The first-order valence-electron chi connectivity index (χ1n) is 8.55. The van der Waals surface area contributed by atoms with Crippen molar-refractivity contribution in [1.82, 2.24) is 15.5 Å². The predicted molar refractivity (Wildman–Crippen MR) is 112 cm³/mol. The van der Waals surface area contributed by atoms with Crippen LogP contribution < -0.4 is 15.5 Å². The van der Waals surface area contributed by atoms with E-state index in [4.69, 9.17) is 4.74 Å². The average Bonchev–Trinajstić information content (AvgIpc) is 2.64. The van der Waals surface area contributed by atoms with Gasteiger partial charge in [0.05, 0.1) is 6.61 Å². The Morgan fingerprint density at radius 3 is 2.41 bits per heavy atom. The van der Waals surface area contributed by atoms with Gasteiger partial charge in [-0.25, -0.2) is 4.39 Å². The van der Waals surface area contributed by atoms with Gasteiger partial charge in [0.1, 0.15) is 11.9 Å². The molecule has 0 aromatic heterocycles. The van der Waals surface area contributed by atoms with Gasteiger partial charge in [0.15, 0.2) is 0 Å². The minimum Gasteiger partial charge on any atom is -0.369 e.